The molecule has 1 aliphatic carbocycles. The lowest BCUT2D eigenvalue weighted by Gasteiger charge is -2.33. The molecule has 39 heavy (non-hydrogen) atoms. The fourth-order valence-corrected chi connectivity index (χ4v) is 5.67. The summed E-state index contributed by atoms with van der Waals surface area (Å²) in [4.78, 5) is 42.8. The highest BCUT2D eigenvalue weighted by atomic mass is 19.3. The summed E-state index contributed by atoms with van der Waals surface area (Å²) in [5.74, 6) is -3.85. The van der Waals surface area contributed by atoms with Crippen LogP contribution in [0.15, 0.2) is 24.5 Å². The van der Waals surface area contributed by atoms with Crippen molar-refractivity contribution >= 4 is 23.2 Å². The lowest BCUT2D eigenvalue weighted by molar-refractivity contribution is -0.126. The number of Topliss-reactive ketones (excluding diaryl/α,β-unsaturated/α-hetero) is 1. The fraction of sp³-hybridized carbons (Fsp3) is 0.556. The lowest BCUT2D eigenvalue weighted by Crippen LogP contribution is -2.38. The van der Waals surface area contributed by atoms with Crippen LogP contribution < -0.4 is 10.6 Å². The van der Waals surface area contributed by atoms with Crippen LogP contribution in [0.4, 0.5) is 8.78 Å². The van der Waals surface area contributed by atoms with Crippen molar-refractivity contribution < 1.29 is 23.2 Å². The van der Waals surface area contributed by atoms with E-state index in [9.17, 15) is 23.2 Å². The average molecular weight is 542 g/mol. The number of fused-ring (bicyclic) bond motifs is 1. The van der Waals surface area contributed by atoms with E-state index in [1.54, 1.807) is 33.7 Å². The van der Waals surface area contributed by atoms with Gasteiger partial charge in [0.05, 0.1) is 23.6 Å². The molecule has 0 spiro atoms. The minimum Gasteiger partial charge on any atom is -0.356 e. The highest BCUT2D eigenvalue weighted by Crippen LogP contribution is 2.41. The van der Waals surface area contributed by atoms with Crippen LogP contribution in [0.2, 0.25) is 0 Å². The van der Waals surface area contributed by atoms with Crippen LogP contribution in [0.1, 0.15) is 90.6 Å². The Balaban J connectivity index is 1.49. The molecule has 0 bridgehead atoms. The third-order valence-electron chi connectivity index (χ3n) is 7.85. The van der Waals surface area contributed by atoms with Crippen molar-refractivity contribution in [3.05, 3.63) is 47.2 Å². The molecule has 5 rings (SSSR count). The molecule has 2 atom stereocenters. The van der Waals surface area contributed by atoms with Gasteiger partial charge in [0.1, 0.15) is 5.69 Å². The summed E-state index contributed by atoms with van der Waals surface area (Å²) in [5.41, 5.74) is 2.16. The van der Waals surface area contributed by atoms with Crippen LogP contribution in [0, 0.1) is 11.8 Å². The number of carbonyl (C=O) groups is 3. The van der Waals surface area contributed by atoms with Gasteiger partial charge >= 0.3 is 0 Å². The molecular weight excluding hydrogens is 508 g/mol. The molecule has 0 radical (unpaired) electrons. The highest BCUT2D eigenvalue weighted by molar-refractivity contribution is 5.96. The Morgan fingerprint density at radius 3 is 2.72 bits per heavy atom. The molecule has 2 amide bonds. The number of halogens is 2. The maximum Gasteiger partial charge on any atom is 0.270 e. The van der Waals surface area contributed by atoms with Gasteiger partial charge in [-0.15, -0.1) is 0 Å². The molecule has 10 nitrogen and oxygen atoms in total. The van der Waals surface area contributed by atoms with Gasteiger partial charge < -0.3 is 10.6 Å². The van der Waals surface area contributed by atoms with Crippen molar-refractivity contribution in [1.82, 2.24) is 35.0 Å². The first-order chi connectivity index (χ1) is 18.6. The molecule has 1 aliphatic heterocycles. The summed E-state index contributed by atoms with van der Waals surface area (Å²) in [7, 11) is 0. The van der Waals surface area contributed by atoms with Gasteiger partial charge in [-0.2, -0.15) is 10.2 Å². The molecule has 2 N–H and O–H groups in total. The average Bonchev–Trinajstić information content (AvgIpc) is 3.55. The van der Waals surface area contributed by atoms with Crippen molar-refractivity contribution in [1.29, 1.82) is 0 Å². The van der Waals surface area contributed by atoms with Crippen molar-refractivity contribution in [2.75, 3.05) is 6.54 Å². The van der Waals surface area contributed by atoms with Crippen LogP contribution in [0.25, 0.3) is 5.65 Å². The number of hydrogen-bond donors (Lipinski definition) is 2. The van der Waals surface area contributed by atoms with Gasteiger partial charge in [0.15, 0.2) is 11.4 Å². The minimum atomic E-state index is -2.72. The number of amides is 2. The van der Waals surface area contributed by atoms with E-state index in [4.69, 9.17) is 4.98 Å². The molecular formula is C27H33F2N7O3. The van der Waals surface area contributed by atoms with Gasteiger partial charge in [0.2, 0.25) is 11.8 Å². The number of ketones is 1. The molecule has 3 aromatic heterocycles. The van der Waals surface area contributed by atoms with Gasteiger partial charge in [-0.25, -0.2) is 18.3 Å². The van der Waals surface area contributed by atoms with E-state index < -0.39 is 12.0 Å². The normalized spacial score (nSPS) is 20.5. The van der Waals surface area contributed by atoms with E-state index in [1.807, 2.05) is 6.92 Å². The van der Waals surface area contributed by atoms with Crippen molar-refractivity contribution in [3.63, 3.8) is 0 Å². The van der Waals surface area contributed by atoms with Crippen LogP contribution >= 0.6 is 0 Å². The summed E-state index contributed by atoms with van der Waals surface area (Å²) >= 11 is 0. The van der Waals surface area contributed by atoms with E-state index in [0.717, 1.165) is 6.42 Å². The Bertz CT molecular complexity index is 1390. The first-order valence-electron chi connectivity index (χ1n) is 13.5. The first kappa shape index (κ1) is 26.9. The third kappa shape index (κ3) is 5.69. The largest absolute Gasteiger partial charge is 0.356 e. The Morgan fingerprint density at radius 2 is 2.03 bits per heavy atom. The van der Waals surface area contributed by atoms with Crippen LogP contribution in [-0.2, 0) is 17.8 Å². The molecule has 2 fully saturated rings. The number of rotatable bonds is 8. The molecule has 0 aromatic carbocycles. The zero-order valence-corrected chi connectivity index (χ0v) is 22.1. The Morgan fingerprint density at radius 1 is 1.26 bits per heavy atom. The van der Waals surface area contributed by atoms with Crippen LogP contribution in [-0.4, -0.2) is 54.4 Å². The van der Waals surface area contributed by atoms with E-state index in [0.29, 0.717) is 54.2 Å². The SMILES string of the molecule is CCn1nccc1C(=O)NC(c1cn2nc(CC3CCCNC3=O)c(C(C)=O)cc2n1)C1CCC(F)(F)CC1. The lowest BCUT2D eigenvalue weighted by atomic mass is 9.81. The molecule has 3 aromatic rings. The molecule has 2 aliphatic rings. The predicted molar refractivity (Wildman–Crippen MR) is 137 cm³/mol. The van der Waals surface area contributed by atoms with E-state index >= 15 is 0 Å². The number of imidazole rings is 1. The third-order valence-corrected chi connectivity index (χ3v) is 7.85. The highest BCUT2D eigenvalue weighted by Gasteiger charge is 2.39. The van der Waals surface area contributed by atoms with E-state index in [1.165, 1.54) is 6.92 Å². The number of carbonyl (C=O) groups excluding carboxylic acids is 3. The second-order valence-corrected chi connectivity index (χ2v) is 10.5. The second-order valence-electron chi connectivity index (χ2n) is 10.5. The van der Waals surface area contributed by atoms with Crippen molar-refractivity contribution in [2.24, 2.45) is 11.8 Å². The maximum absolute atomic E-state index is 14.0. The van der Waals surface area contributed by atoms with Gasteiger partial charge in [0, 0.05) is 50.0 Å². The Kier molecular flexibility index (Phi) is 7.46. The van der Waals surface area contributed by atoms with Crippen LogP contribution in [0.5, 0.6) is 0 Å². The Hall–Kier alpha value is -3.70. The van der Waals surface area contributed by atoms with Crippen molar-refractivity contribution in [3.8, 4) is 0 Å². The zero-order chi connectivity index (χ0) is 27.7. The quantitative estimate of drug-likeness (QED) is 0.421. The summed E-state index contributed by atoms with van der Waals surface area (Å²) < 4.78 is 31.1. The standard InChI is InChI=1S/C27H33F2N7O3/c1-3-35-22(8-12-31-35)26(39)33-24(17-6-9-27(28,29)10-7-17)21-15-36-23(32-21)14-19(16(2)37)20(34-36)13-18-5-4-11-30-25(18)38/h8,12,14-15,17-18,24H,3-7,9-11,13H2,1-2H3,(H,30,38)(H,33,39). The van der Waals surface area contributed by atoms with E-state index in [2.05, 4.69) is 20.8 Å². The summed E-state index contributed by atoms with van der Waals surface area (Å²) in [6.45, 7) is 4.47. The number of aryl methyl sites for hydroxylation is 1. The molecule has 12 heteroatoms. The zero-order valence-electron chi connectivity index (χ0n) is 22.1. The van der Waals surface area contributed by atoms with E-state index in [-0.39, 0.29) is 55.1 Å². The van der Waals surface area contributed by atoms with Crippen molar-refractivity contribution in [2.45, 2.75) is 77.3 Å². The van der Waals surface area contributed by atoms with Gasteiger partial charge in [-0.05, 0) is 57.6 Å². The topological polar surface area (TPSA) is 123 Å². The fourth-order valence-electron chi connectivity index (χ4n) is 5.67. The Labute approximate surface area is 224 Å². The summed E-state index contributed by atoms with van der Waals surface area (Å²) in [6.07, 6.45) is 5.06. The number of aromatic nitrogens is 5. The smallest absolute Gasteiger partial charge is 0.270 e. The number of nitrogens with one attached hydrogen (secondary N) is 2. The second kappa shape index (κ2) is 10.8. The number of nitrogens with zero attached hydrogens (tertiary/aromatic N) is 5. The number of alkyl halides is 2. The van der Waals surface area contributed by atoms with Crippen LogP contribution in [0.3, 0.4) is 0 Å². The number of hydrogen-bond acceptors (Lipinski definition) is 6. The molecule has 1 saturated carbocycles. The van der Waals surface area contributed by atoms with Gasteiger partial charge in [-0.1, -0.05) is 0 Å². The predicted octanol–water partition coefficient (Wildman–Crippen LogP) is 3.51. The monoisotopic (exact) mass is 541 g/mol. The first-order valence-corrected chi connectivity index (χ1v) is 13.5. The minimum absolute atomic E-state index is 0.0489. The summed E-state index contributed by atoms with van der Waals surface area (Å²) in [5, 5.41) is 14.7. The van der Waals surface area contributed by atoms with Gasteiger partial charge in [-0.3, -0.25) is 19.1 Å². The molecule has 208 valence electrons. The van der Waals surface area contributed by atoms with Gasteiger partial charge in [0.25, 0.3) is 5.91 Å². The molecule has 2 unspecified atom stereocenters. The molecule has 4 heterocycles. The maximum atomic E-state index is 14.0. The number of piperidine rings is 1. The summed E-state index contributed by atoms with van der Waals surface area (Å²) in [6, 6.07) is 2.63. The molecule has 1 saturated heterocycles.